The van der Waals surface area contributed by atoms with Crippen LogP contribution < -0.4 is 10.0 Å². The van der Waals surface area contributed by atoms with E-state index in [0.717, 1.165) is 38.0 Å². The number of likely N-dealkylation sites (tertiary alicyclic amines) is 1. The van der Waals surface area contributed by atoms with Crippen molar-refractivity contribution in [2.24, 2.45) is 4.99 Å². The van der Waals surface area contributed by atoms with Gasteiger partial charge in [0.05, 0.1) is 9.82 Å². The summed E-state index contributed by atoms with van der Waals surface area (Å²) >= 11 is 0. The van der Waals surface area contributed by atoms with E-state index in [1.54, 1.807) is 7.05 Å². The van der Waals surface area contributed by atoms with E-state index in [4.69, 9.17) is 0 Å². The minimum Gasteiger partial charge on any atom is -0.355 e. The fourth-order valence-corrected chi connectivity index (χ4v) is 3.54. The van der Waals surface area contributed by atoms with Gasteiger partial charge < -0.3 is 10.2 Å². The molecule has 24 heavy (non-hydrogen) atoms. The highest BCUT2D eigenvalue weighted by Gasteiger charge is 2.18. The normalized spacial score (nSPS) is 15.5. The summed E-state index contributed by atoms with van der Waals surface area (Å²) < 4.78 is 26.8. The highest BCUT2D eigenvalue weighted by Crippen LogP contribution is 2.16. The summed E-state index contributed by atoms with van der Waals surface area (Å²) in [7, 11) is -2.10. The summed E-state index contributed by atoms with van der Waals surface area (Å²) in [6.07, 6.45) is 2.25. The van der Waals surface area contributed by atoms with Crippen LogP contribution in [-0.4, -0.2) is 57.4 Å². The summed E-state index contributed by atoms with van der Waals surface area (Å²) in [6, 6.07) is 4.96. The molecule has 1 aromatic carbocycles. The molecule has 0 aromatic heterocycles. The Morgan fingerprint density at radius 1 is 1.33 bits per heavy atom. The van der Waals surface area contributed by atoms with E-state index in [9.17, 15) is 18.5 Å². The zero-order chi connectivity index (χ0) is 17.6. The number of hydrogen-bond donors (Lipinski definition) is 2. The lowest BCUT2D eigenvalue weighted by molar-refractivity contribution is -0.385. The number of sulfonamides is 1. The van der Waals surface area contributed by atoms with E-state index in [1.165, 1.54) is 18.2 Å². The van der Waals surface area contributed by atoms with Gasteiger partial charge in [-0.2, -0.15) is 0 Å². The third-order valence-electron chi connectivity index (χ3n) is 3.66. The molecule has 1 heterocycles. The summed E-state index contributed by atoms with van der Waals surface area (Å²) in [6.45, 7) is 2.41. The third-order valence-corrected chi connectivity index (χ3v) is 5.12. The van der Waals surface area contributed by atoms with Crippen molar-refractivity contribution in [2.75, 3.05) is 33.2 Å². The predicted molar refractivity (Wildman–Crippen MR) is 90.5 cm³/mol. The van der Waals surface area contributed by atoms with Crippen LogP contribution in [0.25, 0.3) is 0 Å². The van der Waals surface area contributed by atoms with Gasteiger partial charge in [-0.05, 0) is 18.9 Å². The first-order valence-corrected chi connectivity index (χ1v) is 9.12. The van der Waals surface area contributed by atoms with Crippen molar-refractivity contribution in [3.63, 3.8) is 0 Å². The molecule has 0 unspecified atom stereocenters. The molecule has 0 spiro atoms. The molecule has 1 fully saturated rings. The third kappa shape index (κ3) is 4.65. The zero-order valence-electron chi connectivity index (χ0n) is 13.4. The number of rotatable bonds is 6. The second-order valence-electron chi connectivity index (χ2n) is 5.32. The molecule has 0 aliphatic carbocycles. The monoisotopic (exact) mass is 355 g/mol. The molecule has 0 atom stereocenters. The number of non-ortho nitro benzene ring substituents is 1. The van der Waals surface area contributed by atoms with E-state index in [1.807, 2.05) is 0 Å². The van der Waals surface area contributed by atoms with E-state index in [-0.39, 0.29) is 17.1 Å². The lowest BCUT2D eigenvalue weighted by Crippen LogP contribution is -2.42. The first-order valence-electron chi connectivity index (χ1n) is 7.64. The molecule has 0 amide bonds. The van der Waals surface area contributed by atoms with Crippen molar-refractivity contribution in [1.29, 1.82) is 0 Å². The first kappa shape index (κ1) is 18.1. The molecule has 1 aromatic rings. The summed E-state index contributed by atoms with van der Waals surface area (Å²) in [4.78, 5) is 16.3. The largest absolute Gasteiger partial charge is 0.355 e. The van der Waals surface area contributed by atoms with Crippen molar-refractivity contribution in [2.45, 2.75) is 17.7 Å². The maximum atomic E-state index is 12.2. The van der Waals surface area contributed by atoms with Gasteiger partial charge in [0, 0.05) is 45.4 Å². The molecule has 0 saturated carbocycles. The van der Waals surface area contributed by atoms with Crippen LogP contribution in [0.4, 0.5) is 5.69 Å². The molecular weight excluding hydrogens is 334 g/mol. The fraction of sp³-hybridized carbons (Fsp3) is 0.500. The Bertz CT molecular complexity index is 714. The summed E-state index contributed by atoms with van der Waals surface area (Å²) in [5.41, 5.74) is -0.259. The molecule has 0 radical (unpaired) electrons. The molecule has 1 aliphatic rings. The lowest BCUT2D eigenvalue weighted by Gasteiger charge is -2.20. The molecule has 1 saturated heterocycles. The van der Waals surface area contributed by atoms with Crippen LogP contribution in [-0.2, 0) is 10.0 Å². The quantitative estimate of drug-likeness (QED) is 0.253. The van der Waals surface area contributed by atoms with Gasteiger partial charge >= 0.3 is 0 Å². The summed E-state index contributed by atoms with van der Waals surface area (Å²) in [5, 5.41) is 13.8. The number of guanidine groups is 1. The van der Waals surface area contributed by atoms with Crippen molar-refractivity contribution in [1.82, 2.24) is 14.9 Å². The van der Waals surface area contributed by atoms with E-state index >= 15 is 0 Å². The van der Waals surface area contributed by atoms with Crippen molar-refractivity contribution >= 4 is 21.7 Å². The molecule has 2 rings (SSSR count). The maximum absolute atomic E-state index is 12.2. The fourth-order valence-electron chi connectivity index (χ4n) is 2.47. The van der Waals surface area contributed by atoms with Gasteiger partial charge in [0.2, 0.25) is 10.0 Å². The average Bonchev–Trinajstić information content (AvgIpc) is 3.09. The van der Waals surface area contributed by atoms with Crippen LogP contribution in [0.5, 0.6) is 0 Å². The Kier molecular flexibility index (Phi) is 6.10. The lowest BCUT2D eigenvalue weighted by atomic mass is 10.3. The van der Waals surface area contributed by atoms with Gasteiger partial charge in [-0.25, -0.2) is 13.1 Å². The van der Waals surface area contributed by atoms with Crippen LogP contribution >= 0.6 is 0 Å². The number of benzene rings is 1. The van der Waals surface area contributed by atoms with E-state index in [2.05, 4.69) is 19.9 Å². The average molecular weight is 355 g/mol. The Balaban J connectivity index is 1.88. The highest BCUT2D eigenvalue weighted by molar-refractivity contribution is 7.89. The molecule has 0 bridgehead atoms. The number of aliphatic imine (C=N–C) groups is 1. The summed E-state index contributed by atoms with van der Waals surface area (Å²) in [5.74, 6) is 0.752. The number of hydrogen-bond acceptors (Lipinski definition) is 5. The molecule has 2 N–H and O–H groups in total. The van der Waals surface area contributed by atoms with Crippen molar-refractivity contribution in [3.8, 4) is 0 Å². The van der Waals surface area contributed by atoms with E-state index in [0.29, 0.717) is 6.54 Å². The topological polar surface area (TPSA) is 117 Å². The molecule has 1 aliphatic heterocycles. The SMILES string of the molecule is CN=C(NCCNS(=O)(=O)c1cccc([N+](=O)[O-])c1)N1CCCC1. The van der Waals surface area contributed by atoms with Crippen LogP contribution in [0.2, 0.25) is 0 Å². The number of nitro benzene ring substituents is 1. The first-order chi connectivity index (χ1) is 11.4. The van der Waals surface area contributed by atoms with Gasteiger partial charge in [-0.15, -0.1) is 0 Å². The van der Waals surface area contributed by atoms with Gasteiger partial charge in [-0.3, -0.25) is 15.1 Å². The zero-order valence-corrected chi connectivity index (χ0v) is 14.3. The van der Waals surface area contributed by atoms with E-state index < -0.39 is 14.9 Å². The maximum Gasteiger partial charge on any atom is 0.270 e. The molecular formula is C14H21N5O4S. The molecule has 132 valence electrons. The Labute approximate surface area is 141 Å². The molecule has 10 heteroatoms. The second kappa shape index (κ2) is 8.06. The minimum absolute atomic E-state index is 0.124. The van der Waals surface area contributed by atoms with Crippen LogP contribution in [0.15, 0.2) is 34.2 Å². The standard InChI is InChI=1S/C14H21N5O4S/c1-15-14(18-9-2-3-10-18)16-7-8-17-24(22,23)13-6-4-5-12(11-13)19(20)21/h4-6,11,17H,2-3,7-10H2,1H3,(H,15,16). The Hall–Kier alpha value is -2.20. The van der Waals surface area contributed by atoms with Gasteiger partial charge in [-0.1, -0.05) is 6.07 Å². The van der Waals surface area contributed by atoms with Crippen molar-refractivity contribution in [3.05, 3.63) is 34.4 Å². The minimum atomic E-state index is -3.79. The van der Waals surface area contributed by atoms with Crippen LogP contribution in [0, 0.1) is 10.1 Å². The number of nitrogens with one attached hydrogen (secondary N) is 2. The second-order valence-corrected chi connectivity index (χ2v) is 7.09. The number of nitro groups is 1. The highest BCUT2D eigenvalue weighted by atomic mass is 32.2. The Morgan fingerprint density at radius 2 is 2.04 bits per heavy atom. The van der Waals surface area contributed by atoms with Crippen LogP contribution in [0.1, 0.15) is 12.8 Å². The smallest absolute Gasteiger partial charge is 0.270 e. The van der Waals surface area contributed by atoms with Crippen molar-refractivity contribution < 1.29 is 13.3 Å². The van der Waals surface area contributed by atoms with Crippen LogP contribution in [0.3, 0.4) is 0 Å². The van der Waals surface area contributed by atoms with Gasteiger partial charge in [0.25, 0.3) is 5.69 Å². The molecule has 9 nitrogen and oxygen atoms in total. The predicted octanol–water partition coefficient (Wildman–Crippen LogP) is 0.544. The van der Waals surface area contributed by atoms with Gasteiger partial charge in [0.1, 0.15) is 0 Å². The Morgan fingerprint density at radius 3 is 2.67 bits per heavy atom. The number of nitrogens with zero attached hydrogens (tertiary/aromatic N) is 3. The van der Waals surface area contributed by atoms with Gasteiger partial charge in [0.15, 0.2) is 5.96 Å².